The van der Waals surface area contributed by atoms with Crippen molar-refractivity contribution in [2.45, 2.75) is 13.8 Å². The molecule has 1 aromatic rings. The number of hydrazine groups is 1. The second-order valence-electron chi connectivity index (χ2n) is 2.84. The third-order valence-electron chi connectivity index (χ3n) is 1.74. The fourth-order valence-electron chi connectivity index (χ4n) is 1.17. The van der Waals surface area contributed by atoms with Gasteiger partial charge >= 0.3 is 0 Å². The topological polar surface area (TPSA) is 50.4 Å². The van der Waals surface area contributed by atoms with Gasteiger partial charge in [-0.3, -0.25) is 4.99 Å². The van der Waals surface area contributed by atoms with Crippen LogP contribution in [0.3, 0.4) is 0 Å². The van der Waals surface area contributed by atoms with Crippen LogP contribution in [0.2, 0.25) is 0 Å². The Balaban J connectivity index is 2.98. The van der Waals surface area contributed by atoms with Crippen LogP contribution in [-0.2, 0) is 0 Å². The molecular formula is C10H15N3. The van der Waals surface area contributed by atoms with Crippen molar-refractivity contribution in [3.8, 4) is 0 Å². The molecule has 0 saturated carbocycles. The Morgan fingerprint density at radius 3 is 2.85 bits per heavy atom. The predicted molar refractivity (Wildman–Crippen MR) is 55.6 cm³/mol. The maximum atomic E-state index is 5.36. The van der Waals surface area contributed by atoms with Gasteiger partial charge in [-0.2, -0.15) is 0 Å². The smallest absolute Gasteiger partial charge is 0.142 e. The molecule has 0 heterocycles. The number of nitrogens with two attached hydrogens (primary N) is 1. The van der Waals surface area contributed by atoms with Gasteiger partial charge in [0.05, 0.1) is 0 Å². The highest BCUT2D eigenvalue weighted by Crippen LogP contribution is 2.03. The monoisotopic (exact) mass is 177 g/mol. The molecule has 3 heteroatoms. The Morgan fingerprint density at radius 1 is 1.54 bits per heavy atom. The summed E-state index contributed by atoms with van der Waals surface area (Å²) < 4.78 is 0. The number of rotatable bonds is 2. The molecule has 0 aromatic heterocycles. The summed E-state index contributed by atoms with van der Waals surface area (Å²) in [5.41, 5.74) is 4.83. The summed E-state index contributed by atoms with van der Waals surface area (Å²) >= 11 is 0. The summed E-state index contributed by atoms with van der Waals surface area (Å²) in [5.74, 6) is 6.10. The highest BCUT2D eigenvalue weighted by Gasteiger charge is 1.99. The van der Waals surface area contributed by atoms with Crippen LogP contribution < -0.4 is 11.3 Å². The van der Waals surface area contributed by atoms with Crippen LogP contribution in [0.25, 0.3) is 0 Å². The van der Waals surface area contributed by atoms with Crippen molar-refractivity contribution < 1.29 is 0 Å². The number of nitrogens with one attached hydrogen (secondary N) is 1. The van der Waals surface area contributed by atoms with Crippen LogP contribution in [0.4, 0.5) is 0 Å². The van der Waals surface area contributed by atoms with E-state index in [-0.39, 0.29) is 0 Å². The van der Waals surface area contributed by atoms with Gasteiger partial charge in [0.25, 0.3) is 0 Å². The molecule has 0 aliphatic rings. The molecule has 0 unspecified atom stereocenters. The van der Waals surface area contributed by atoms with E-state index in [0.717, 1.165) is 17.9 Å². The summed E-state index contributed by atoms with van der Waals surface area (Å²) in [5, 5.41) is 0. The van der Waals surface area contributed by atoms with Crippen molar-refractivity contribution in [1.29, 1.82) is 0 Å². The molecule has 0 aliphatic heterocycles. The summed E-state index contributed by atoms with van der Waals surface area (Å²) in [7, 11) is 0. The van der Waals surface area contributed by atoms with Crippen LogP contribution in [0.1, 0.15) is 18.1 Å². The minimum atomic E-state index is 0.730. The molecule has 0 atom stereocenters. The molecule has 70 valence electrons. The number of hydrogen-bond donors (Lipinski definition) is 2. The Hall–Kier alpha value is -1.35. The van der Waals surface area contributed by atoms with Gasteiger partial charge < -0.3 is 5.43 Å². The highest BCUT2D eigenvalue weighted by molar-refractivity contribution is 5.98. The van der Waals surface area contributed by atoms with Crippen molar-refractivity contribution in [2.75, 3.05) is 6.54 Å². The minimum absolute atomic E-state index is 0.730. The zero-order chi connectivity index (χ0) is 9.68. The van der Waals surface area contributed by atoms with Gasteiger partial charge in [0.15, 0.2) is 0 Å². The molecule has 0 bridgehead atoms. The third-order valence-corrected chi connectivity index (χ3v) is 1.74. The van der Waals surface area contributed by atoms with Gasteiger partial charge in [0, 0.05) is 12.1 Å². The molecule has 1 aromatic carbocycles. The van der Waals surface area contributed by atoms with E-state index in [1.807, 2.05) is 38.1 Å². The fraction of sp³-hybridized carbons (Fsp3) is 0.300. The molecule has 0 fully saturated rings. The second kappa shape index (κ2) is 4.62. The zero-order valence-electron chi connectivity index (χ0n) is 8.04. The first-order valence-corrected chi connectivity index (χ1v) is 4.36. The minimum Gasteiger partial charge on any atom is -0.308 e. The molecule has 13 heavy (non-hydrogen) atoms. The van der Waals surface area contributed by atoms with Gasteiger partial charge in [-0.25, -0.2) is 5.84 Å². The van der Waals surface area contributed by atoms with E-state index < -0.39 is 0 Å². The molecule has 0 amide bonds. The van der Waals surface area contributed by atoms with Crippen molar-refractivity contribution in [1.82, 2.24) is 5.43 Å². The first kappa shape index (κ1) is 9.74. The van der Waals surface area contributed by atoms with E-state index in [0.29, 0.717) is 0 Å². The number of aryl methyl sites for hydroxylation is 1. The van der Waals surface area contributed by atoms with Crippen LogP contribution in [0.15, 0.2) is 29.3 Å². The van der Waals surface area contributed by atoms with Gasteiger partial charge in [-0.1, -0.05) is 23.8 Å². The van der Waals surface area contributed by atoms with Gasteiger partial charge in [-0.15, -0.1) is 0 Å². The highest BCUT2D eigenvalue weighted by atomic mass is 15.2. The summed E-state index contributed by atoms with van der Waals surface area (Å²) in [4.78, 5) is 4.23. The van der Waals surface area contributed by atoms with Gasteiger partial charge in [0.1, 0.15) is 5.84 Å². The SMILES string of the molecule is CCN=C(NN)c1cccc(C)c1. The summed E-state index contributed by atoms with van der Waals surface area (Å²) in [6.07, 6.45) is 0. The van der Waals surface area contributed by atoms with E-state index in [1.54, 1.807) is 0 Å². The molecule has 0 radical (unpaired) electrons. The summed E-state index contributed by atoms with van der Waals surface area (Å²) in [6, 6.07) is 8.08. The van der Waals surface area contributed by atoms with Crippen molar-refractivity contribution in [3.05, 3.63) is 35.4 Å². The van der Waals surface area contributed by atoms with Crippen LogP contribution >= 0.6 is 0 Å². The van der Waals surface area contributed by atoms with Crippen molar-refractivity contribution >= 4 is 5.84 Å². The average molecular weight is 177 g/mol. The first-order chi connectivity index (χ1) is 6.27. The number of aliphatic imine (C=N–C) groups is 1. The van der Waals surface area contributed by atoms with Gasteiger partial charge in [0.2, 0.25) is 0 Å². The Bertz CT molecular complexity index is 305. The number of benzene rings is 1. The van der Waals surface area contributed by atoms with Crippen LogP contribution in [0.5, 0.6) is 0 Å². The molecule has 1 rings (SSSR count). The maximum Gasteiger partial charge on any atom is 0.142 e. The molecular weight excluding hydrogens is 162 g/mol. The molecule has 0 aliphatic carbocycles. The quantitative estimate of drug-likeness (QED) is 0.309. The van der Waals surface area contributed by atoms with Crippen molar-refractivity contribution in [2.24, 2.45) is 10.8 Å². The van der Waals surface area contributed by atoms with E-state index in [1.165, 1.54) is 5.56 Å². The lowest BCUT2D eigenvalue weighted by molar-refractivity contribution is 0.991. The average Bonchev–Trinajstić information content (AvgIpc) is 2.14. The van der Waals surface area contributed by atoms with E-state index in [2.05, 4.69) is 10.4 Å². The number of hydrogen-bond acceptors (Lipinski definition) is 2. The molecule has 3 nitrogen and oxygen atoms in total. The summed E-state index contributed by atoms with van der Waals surface area (Å²) in [6.45, 7) is 4.75. The predicted octanol–water partition coefficient (Wildman–Crippen LogP) is 1.22. The normalized spacial score (nSPS) is 11.5. The van der Waals surface area contributed by atoms with Gasteiger partial charge in [-0.05, 0) is 19.9 Å². The van der Waals surface area contributed by atoms with Crippen molar-refractivity contribution in [3.63, 3.8) is 0 Å². The molecule has 0 saturated heterocycles. The lowest BCUT2D eigenvalue weighted by atomic mass is 10.1. The second-order valence-corrected chi connectivity index (χ2v) is 2.84. The zero-order valence-corrected chi connectivity index (χ0v) is 8.04. The third kappa shape index (κ3) is 2.56. The lowest BCUT2D eigenvalue weighted by Crippen LogP contribution is -2.31. The Labute approximate surface area is 78.6 Å². The van der Waals surface area contributed by atoms with Crippen LogP contribution in [0, 0.1) is 6.92 Å². The number of nitrogens with zero attached hydrogens (tertiary/aromatic N) is 1. The largest absolute Gasteiger partial charge is 0.308 e. The lowest BCUT2D eigenvalue weighted by Gasteiger charge is -2.05. The number of amidine groups is 1. The van der Waals surface area contributed by atoms with E-state index >= 15 is 0 Å². The maximum absolute atomic E-state index is 5.36. The van der Waals surface area contributed by atoms with Crippen LogP contribution in [-0.4, -0.2) is 12.4 Å². The Morgan fingerprint density at radius 2 is 2.31 bits per heavy atom. The molecule has 3 N–H and O–H groups in total. The molecule has 0 spiro atoms. The first-order valence-electron chi connectivity index (χ1n) is 4.36. The fourth-order valence-corrected chi connectivity index (χ4v) is 1.17. The standard InChI is InChI=1S/C10H15N3/c1-3-12-10(13-11)9-6-4-5-8(2)7-9/h4-7H,3,11H2,1-2H3,(H,12,13). The Kier molecular flexibility index (Phi) is 3.46. The van der Waals surface area contributed by atoms with E-state index in [9.17, 15) is 0 Å². The van der Waals surface area contributed by atoms with E-state index in [4.69, 9.17) is 5.84 Å².